The summed E-state index contributed by atoms with van der Waals surface area (Å²) in [4.78, 5) is 14.3. The van der Waals surface area contributed by atoms with Crippen molar-refractivity contribution in [1.29, 1.82) is 0 Å². The molecule has 1 heterocycles. The van der Waals surface area contributed by atoms with Gasteiger partial charge in [0, 0.05) is 16.2 Å². The second kappa shape index (κ2) is 8.79. The number of benzene rings is 2. The van der Waals surface area contributed by atoms with Gasteiger partial charge in [0.2, 0.25) is 0 Å². The van der Waals surface area contributed by atoms with Gasteiger partial charge in [-0.2, -0.15) is 0 Å². The van der Waals surface area contributed by atoms with Gasteiger partial charge in [0.1, 0.15) is 11.4 Å². The normalized spacial score (nSPS) is 17.6. The molecule has 3 N–H and O–H groups in total. The molecule has 1 fully saturated rings. The molecular weight excluding hydrogens is 522 g/mol. The minimum absolute atomic E-state index is 0.0648. The summed E-state index contributed by atoms with van der Waals surface area (Å²) in [6, 6.07) is 6.53. The molecule has 0 saturated carbocycles. The van der Waals surface area contributed by atoms with Crippen LogP contribution < -0.4 is 10.6 Å². The Morgan fingerprint density at radius 2 is 1.84 bits per heavy atom. The van der Waals surface area contributed by atoms with Crippen LogP contribution in [0.15, 0.2) is 42.5 Å². The summed E-state index contributed by atoms with van der Waals surface area (Å²) in [5, 5.41) is 16.4. The number of anilines is 2. The number of aliphatic hydroxyl groups is 1. The highest BCUT2D eigenvalue weighted by molar-refractivity contribution is 14.1. The minimum Gasteiger partial charge on any atom is -0.385 e. The second-order valence-corrected chi connectivity index (χ2v) is 9.18. The third-order valence-corrected chi connectivity index (χ3v) is 6.17. The van der Waals surface area contributed by atoms with Crippen molar-refractivity contribution in [2.75, 3.05) is 25.0 Å². The first-order valence-electron chi connectivity index (χ1n) is 9.86. The van der Waals surface area contributed by atoms with Crippen LogP contribution in [0.4, 0.5) is 24.5 Å². The van der Waals surface area contributed by atoms with Gasteiger partial charge >= 0.3 is 0 Å². The Hall–Kier alpha value is -2.11. The maximum atomic E-state index is 14.6. The summed E-state index contributed by atoms with van der Waals surface area (Å²) < 4.78 is 43.3. The van der Waals surface area contributed by atoms with Gasteiger partial charge in [-0.15, -0.1) is 0 Å². The first kappa shape index (κ1) is 22.1. The van der Waals surface area contributed by atoms with E-state index >= 15 is 0 Å². The van der Waals surface area contributed by atoms with Crippen molar-refractivity contribution >= 4 is 39.9 Å². The molecule has 2 aromatic carbocycles. The SMILES string of the molecule is O=C(c1ccc(F)c(F)c1Nc1ccc(I)cc1F)N1CC(O)(CNC2CC=CC2)C1. The molecular formula is C22H21F3IN3O2. The lowest BCUT2D eigenvalue weighted by Crippen LogP contribution is -2.67. The maximum Gasteiger partial charge on any atom is 0.256 e. The number of β-amino-alcohol motifs (C(OH)–C–C–N with tert-alkyl or cyclic N) is 1. The topological polar surface area (TPSA) is 64.6 Å². The van der Waals surface area contributed by atoms with E-state index in [2.05, 4.69) is 22.8 Å². The predicted molar refractivity (Wildman–Crippen MR) is 120 cm³/mol. The molecule has 0 atom stereocenters. The molecule has 2 aromatic rings. The lowest BCUT2D eigenvalue weighted by Gasteiger charge is -2.47. The fourth-order valence-electron chi connectivity index (χ4n) is 3.78. The van der Waals surface area contributed by atoms with Crippen LogP contribution in [0.3, 0.4) is 0 Å². The third-order valence-electron chi connectivity index (χ3n) is 5.50. The molecule has 9 heteroatoms. The molecule has 1 amide bonds. The third kappa shape index (κ3) is 4.73. The molecule has 31 heavy (non-hydrogen) atoms. The fourth-order valence-corrected chi connectivity index (χ4v) is 4.24. The number of carbonyl (C=O) groups excluding carboxylic acids is 1. The predicted octanol–water partition coefficient (Wildman–Crippen LogP) is 3.95. The van der Waals surface area contributed by atoms with Crippen LogP contribution in [0.2, 0.25) is 0 Å². The zero-order valence-corrected chi connectivity index (χ0v) is 18.6. The smallest absolute Gasteiger partial charge is 0.256 e. The van der Waals surface area contributed by atoms with Gasteiger partial charge < -0.3 is 20.6 Å². The van der Waals surface area contributed by atoms with Gasteiger partial charge in [0.15, 0.2) is 11.6 Å². The summed E-state index contributed by atoms with van der Waals surface area (Å²) >= 11 is 1.93. The van der Waals surface area contributed by atoms with E-state index in [1.165, 1.54) is 17.0 Å². The van der Waals surface area contributed by atoms with Crippen LogP contribution >= 0.6 is 22.6 Å². The maximum absolute atomic E-state index is 14.6. The lowest BCUT2D eigenvalue weighted by molar-refractivity contribution is -0.0796. The Balaban J connectivity index is 1.49. The zero-order valence-electron chi connectivity index (χ0n) is 16.5. The molecule has 164 valence electrons. The Bertz CT molecular complexity index is 1030. The molecule has 0 aromatic heterocycles. The molecule has 0 unspecified atom stereocenters. The molecule has 0 spiro atoms. The summed E-state index contributed by atoms with van der Waals surface area (Å²) in [7, 11) is 0. The number of hydrogen-bond acceptors (Lipinski definition) is 4. The molecule has 1 aliphatic carbocycles. The van der Waals surface area contributed by atoms with Crippen LogP contribution in [0.1, 0.15) is 23.2 Å². The van der Waals surface area contributed by atoms with E-state index in [9.17, 15) is 23.1 Å². The van der Waals surface area contributed by atoms with Gasteiger partial charge in [-0.25, -0.2) is 13.2 Å². The van der Waals surface area contributed by atoms with Crippen molar-refractivity contribution in [1.82, 2.24) is 10.2 Å². The highest BCUT2D eigenvalue weighted by Gasteiger charge is 2.44. The molecule has 0 bridgehead atoms. The average Bonchev–Trinajstić information content (AvgIpc) is 3.23. The van der Waals surface area contributed by atoms with E-state index in [4.69, 9.17) is 0 Å². The molecule has 4 rings (SSSR count). The van der Waals surface area contributed by atoms with Gasteiger partial charge in [-0.3, -0.25) is 4.79 Å². The number of nitrogens with zero attached hydrogens (tertiary/aromatic N) is 1. The number of likely N-dealkylation sites (tertiary alicyclic amines) is 1. The summed E-state index contributed by atoms with van der Waals surface area (Å²) in [5.74, 6) is -3.64. The minimum atomic E-state index is -1.27. The number of carbonyl (C=O) groups is 1. The monoisotopic (exact) mass is 543 g/mol. The average molecular weight is 543 g/mol. The van der Waals surface area contributed by atoms with Gasteiger partial charge in [-0.05, 0) is 65.8 Å². The van der Waals surface area contributed by atoms with Crippen LogP contribution in [0, 0.1) is 21.0 Å². The highest BCUT2D eigenvalue weighted by atomic mass is 127. The molecule has 5 nitrogen and oxygen atoms in total. The largest absolute Gasteiger partial charge is 0.385 e. The first-order valence-corrected chi connectivity index (χ1v) is 10.9. The van der Waals surface area contributed by atoms with Gasteiger partial charge in [0.05, 0.1) is 30.0 Å². The summed E-state index contributed by atoms with van der Waals surface area (Å²) in [5.41, 5.74) is -1.72. The highest BCUT2D eigenvalue weighted by Crippen LogP contribution is 2.31. The molecule has 2 aliphatic rings. The number of hydrogen-bond donors (Lipinski definition) is 3. The standard InChI is InChI=1S/C22H21F3IN3O2/c23-16-7-6-15(20(19(16)25)28-18-8-5-13(26)9-17(18)24)21(30)29-11-22(31,12-29)10-27-14-3-1-2-4-14/h1-2,5-9,14,27-28,31H,3-4,10-12H2. The number of rotatable bonds is 6. The Kier molecular flexibility index (Phi) is 6.27. The van der Waals surface area contributed by atoms with Crippen LogP contribution in [-0.2, 0) is 0 Å². The van der Waals surface area contributed by atoms with Crippen molar-refractivity contribution in [3.63, 3.8) is 0 Å². The first-order chi connectivity index (χ1) is 14.8. The van der Waals surface area contributed by atoms with E-state index in [1.54, 1.807) is 6.07 Å². The molecule has 1 aliphatic heterocycles. The van der Waals surface area contributed by atoms with Crippen molar-refractivity contribution < 1.29 is 23.1 Å². The Morgan fingerprint density at radius 3 is 2.52 bits per heavy atom. The molecule has 1 saturated heterocycles. The Labute approximate surface area is 191 Å². The van der Waals surface area contributed by atoms with E-state index in [1.807, 2.05) is 22.6 Å². The van der Waals surface area contributed by atoms with E-state index in [0.29, 0.717) is 10.1 Å². The van der Waals surface area contributed by atoms with E-state index in [0.717, 1.165) is 25.0 Å². The summed E-state index contributed by atoms with van der Waals surface area (Å²) in [6.45, 7) is 0.463. The van der Waals surface area contributed by atoms with Crippen LogP contribution in [-0.4, -0.2) is 47.2 Å². The Morgan fingerprint density at radius 1 is 1.13 bits per heavy atom. The number of halogens is 4. The van der Waals surface area contributed by atoms with E-state index < -0.39 is 34.6 Å². The summed E-state index contributed by atoms with van der Waals surface area (Å²) in [6.07, 6.45) is 5.95. The lowest BCUT2D eigenvalue weighted by atomic mass is 9.92. The fraction of sp³-hybridized carbons (Fsp3) is 0.318. The van der Waals surface area contributed by atoms with Crippen molar-refractivity contribution in [3.05, 3.63) is 69.1 Å². The second-order valence-electron chi connectivity index (χ2n) is 7.94. The van der Waals surface area contributed by atoms with E-state index in [-0.39, 0.29) is 30.4 Å². The number of amides is 1. The zero-order chi connectivity index (χ0) is 22.2. The van der Waals surface area contributed by atoms with Gasteiger partial charge in [-0.1, -0.05) is 12.2 Å². The van der Waals surface area contributed by atoms with Crippen LogP contribution in [0.5, 0.6) is 0 Å². The van der Waals surface area contributed by atoms with Gasteiger partial charge in [0.25, 0.3) is 5.91 Å². The van der Waals surface area contributed by atoms with Crippen molar-refractivity contribution in [2.45, 2.75) is 24.5 Å². The van der Waals surface area contributed by atoms with Crippen molar-refractivity contribution in [3.8, 4) is 0 Å². The molecule has 0 radical (unpaired) electrons. The quantitative estimate of drug-likeness (QED) is 0.382. The van der Waals surface area contributed by atoms with Crippen LogP contribution in [0.25, 0.3) is 0 Å². The number of nitrogens with one attached hydrogen (secondary N) is 2. The van der Waals surface area contributed by atoms with Crippen molar-refractivity contribution in [2.24, 2.45) is 0 Å².